The Morgan fingerprint density at radius 1 is 1.18 bits per heavy atom. The van der Waals surface area contributed by atoms with Crippen molar-refractivity contribution in [2.75, 3.05) is 13.2 Å². The lowest BCUT2D eigenvalue weighted by molar-refractivity contribution is -0.263. The molecule has 1 aromatic rings. The third kappa shape index (κ3) is 3.85. The predicted molar refractivity (Wildman–Crippen MR) is 121 cm³/mol. The van der Waals surface area contributed by atoms with Gasteiger partial charge in [0.05, 0.1) is 18.8 Å². The molecule has 1 saturated carbocycles. The van der Waals surface area contributed by atoms with Gasteiger partial charge in [-0.15, -0.1) is 0 Å². The van der Waals surface area contributed by atoms with Crippen LogP contribution in [-0.2, 0) is 25.4 Å². The van der Waals surface area contributed by atoms with Gasteiger partial charge in [-0.3, -0.25) is 4.79 Å². The molecule has 2 aliphatic carbocycles. The molecule has 2 fully saturated rings. The van der Waals surface area contributed by atoms with E-state index in [9.17, 15) is 19.8 Å². The van der Waals surface area contributed by atoms with Crippen LogP contribution in [0.15, 0.2) is 24.3 Å². The number of carbonyl (C=O) groups is 2. The lowest BCUT2D eigenvalue weighted by Crippen LogP contribution is -2.60. The maximum absolute atomic E-state index is 13.3. The summed E-state index contributed by atoms with van der Waals surface area (Å²) in [6, 6.07) is 2.70. The van der Waals surface area contributed by atoms with Crippen LogP contribution in [0, 0.1) is 16.7 Å². The minimum absolute atomic E-state index is 0.0541. The summed E-state index contributed by atoms with van der Waals surface area (Å²) in [4.78, 5) is 26.0. The van der Waals surface area contributed by atoms with E-state index in [2.05, 4.69) is 6.92 Å². The van der Waals surface area contributed by atoms with Gasteiger partial charge in [-0.2, -0.15) is 0 Å². The Labute approximate surface area is 194 Å². The third-order valence-corrected chi connectivity index (χ3v) is 7.57. The first-order chi connectivity index (χ1) is 15.3. The molecule has 3 aliphatic rings. The van der Waals surface area contributed by atoms with Crippen LogP contribution in [0.5, 0.6) is 11.5 Å². The van der Waals surface area contributed by atoms with Crippen molar-refractivity contribution in [3.8, 4) is 11.5 Å². The second kappa shape index (κ2) is 7.84. The Morgan fingerprint density at radius 3 is 2.48 bits per heavy atom. The van der Waals surface area contributed by atoms with Gasteiger partial charge in [-0.1, -0.05) is 19.9 Å². The number of allylic oxidation sites excluding steroid dienone is 1. The molecule has 0 aromatic heterocycles. The molecule has 7 nitrogen and oxygen atoms in total. The van der Waals surface area contributed by atoms with Gasteiger partial charge in [-0.05, 0) is 69.7 Å². The van der Waals surface area contributed by atoms with Crippen LogP contribution in [0.25, 0.3) is 0 Å². The van der Waals surface area contributed by atoms with Crippen molar-refractivity contribution in [3.05, 3.63) is 35.4 Å². The second-order valence-corrected chi connectivity index (χ2v) is 11.0. The zero-order valence-electron chi connectivity index (χ0n) is 20.1. The predicted octanol–water partition coefficient (Wildman–Crippen LogP) is 4.29. The Morgan fingerprint density at radius 2 is 1.85 bits per heavy atom. The van der Waals surface area contributed by atoms with E-state index in [4.69, 9.17) is 14.2 Å². The standard InChI is InChI=1S/C26H34O7/c1-23(2,3)33-22(30)16-13-17(21(29)18(27)14-16)15-24(4)19-7-6-9-26(31-11-12-32-26)25(19,5)10-8-20(24)28/h8,10,13-14,19,27,29H,6-7,9,11-12,15H2,1-5H3/t19-,24-,25-/m1/s1. The van der Waals surface area contributed by atoms with E-state index >= 15 is 0 Å². The normalized spacial score (nSPS) is 30.9. The van der Waals surface area contributed by atoms with Gasteiger partial charge in [0.25, 0.3) is 0 Å². The lowest BCUT2D eigenvalue weighted by atomic mass is 9.50. The number of hydrogen-bond donors (Lipinski definition) is 2. The summed E-state index contributed by atoms with van der Waals surface area (Å²) >= 11 is 0. The fourth-order valence-corrected chi connectivity index (χ4v) is 5.99. The first-order valence-corrected chi connectivity index (χ1v) is 11.6. The van der Waals surface area contributed by atoms with E-state index in [1.807, 2.05) is 13.0 Å². The average Bonchev–Trinajstić information content (AvgIpc) is 3.19. The molecule has 1 spiro atoms. The molecule has 4 rings (SSSR count). The summed E-state index contributed by atoms with van der Waals surface area (Å²) in [6.07, 6.45) is 6.10. The van der Waals surface area contributed by atoms with Crippen molar-refractivity contribution in [2.24, 2.45) is 16.7 Å². The van der Waals surface area contributed by atoms with Crippen molar-refractivity contribution < 1.29 is 34.0 Å². The molecular formula is C26H34O7. The molecule has 3 atom stereocenters. The van der Waals surface area contributed by atoms with Crippen LogP contribution in [0.4, 0.5) is 0 Å². The number of ketones is 1. The van der Waals surface area contributed by atoms with Crippen LogP contribution in [0.3, 0.4) is 0 Å². The highest BCUT2D eigenvalue weighted by Crippen LogP contribution is 2.61. The zero-order valence-corrected chi connectivity index (χ0v) is 20.1. The molecule has 0 bridgehead atoms. The highest BCUT2D eigenvalue weighted by Gasteiger charge is 2.64. The van der Waals surface area contributed by atoms with E-state index in [-0.39, 0.29) is 29.4 Å². The van der Waals surface area contributed by atoms with Crippen LogP contribution in [0.2, 0.25) is 0 Å². The van der Waals surface area contributed by atoms with Gasteiger partial charge in [0.2, 0.25) is 0 Å². The number of hydrogen-bond acceptors (Lipinski definition) is 7. The number of ether oxygens (including phenoxy) is 3. The van der Waals surface area contributed by atoms with Crippen molar-refractivity contribution in [3.63, 3.8) is 0 Å². The van der Waals surface area contributed by atoms with E-state index in [1.54, 1.807) is 26.8 Å². The number of benzene rings is 1. The summed E-state index contributed by atoms with van der Waals surface area (Å²) in [6.45, 7) is 10.3. The zero-order chi connectivity index (χ0) is 24.2. The number of fused-ring (bicyclic) bond motifs is 2. The molecule has 1 saturated heterocycles. The summed E-state index contributed by atoms with van der Waals surface area (Å²) in [5, 5.41) is 21.0. The van der Waals surface area contributed by atoms with Crippen molar-refractivity contribution in [1.29, 1.82) is 0 Å². The molecule has 7 heteroatoms. The average molecular weight is 459 g/mol. The van der Waals surface area contributed by atoms with Crippen LogP contribution in [-0.4, -0.2) is 46.6 Å². The van der Waals surface area contributed by atoms with E-state index < -0.39 is 33.9 Å². The summed E-state index contributed by atoms with van der Waals surface area (Å²) in [5.74, 6) is -2.28. The molecule has 33 heavy (non-hydrogen) atoms. The quantitative estimate of drug-likeness (QED) is 0.514. The number of phenolic OH excluding ortho intramolecular Hbond substituents is 2. The Bertz CT molecular complexity index is 999. The summed E-state index contributed by atoms with van der Waals surface area (Å²) < 4.78 is 17.7. The number of carbonyl (C=O) groups excluding carboxylic acids is 2. The van der Waals surface area contributed by atoms with Crippen LogP contribution >= 0.6 is 0 Å². The number of rotatable bonds is 3. The number of phenols is 2. The second-order valence-electron chi connectivity index (χ2n) is 11.0. The smallest absolute Gasteiger partial charge is 0.338 e. The summed E-state index contributed by atoms with van der Waals surface area (Å²) in [5.41, 5.74) is -1.66. The van der Waals surface area contributed by atoms with Gasteiger partial charge < -0.3 is 24.4 Å². The molecule has 1 aromatic carbocycles. The molecule has 180 valence electrons. The molecule has 0 radical (unpaired) electrons. The Kier molecular flexibility index (Phi) is 5.65. The van der Waals surface area contributed by atoms with Gasteiger partial charge in [-0.25, -0.2) is 4.79 Å². The highest BCUT2D eigenvalue weighted by molar-refractivity contribution is 5.96. The third-order valence-electron chi connectivity index (χ3n) is 7.57. The van der Waals surface area contributed by atoms with Gasteiger partial charge >= 0.3 is 5.97 Å². The molecule has 1 aliphatic heterocycles. The Balaban J connectivity index is 1.73. The van der Waals surface area contributed by atoms with E-state index in [1.165, 1.54) is 12.1 Å². The monoisotopic (exact) mass is 458 g/mol. The topological polar surface area (TPSA) is 102 Å². The van der Waals surface area contributed by atoms with Gasteiger partial charge in [0.1, 0.15) is 5.60 Å². The fraction of sp³-hybridized carbons (Fsp3) is 0.615. The lowest BCUT2D eigenvalue weighted by Gasteiger charge is -2.57. The minimum atomic E-state index is -0.886. The van der Waals surface area contributed by atoms with Gasteiger partial charge in [0.15, 0.2) is 23.1 Å². The molecule has 2 N–H and O–H groups in total. The highest BCUT2D eigenvalue weighted by atomic mass is 16.7. The van der Waals surface area contributed by atoms with Crippen molar-refractivity contribution in [1.82, 2.24) is 0 Å². The maximum Gasteiger partial charge on any atom is 0.338 e. The number of aromatic hydroxyl groups is 2. The van der Waals surface area contributed by atoms with Crippen LogP contribution < -0.4 is 0 Å². The first kappa shape index (κ1) is 23.8. The van der Waals surface area contributed by atoms with Crippen LogP contribution in [0.1, 0.15) is 69.8 Å². The van der Waals surface area contributed by atoms with E-state index in [0.717, 1.165) is 19.3 Å². The van der Waals surface area contributed by atoms with Crippen molar-refractivity contribution in [2.45, 2.75) is 71.7 Å². The largest absolute Gasteiger partial charge is 0.504 e. The van der Waals surface area contributed by atoms with Crippen molar-refractivity contribution >= 4 is 11.8 Å². The molecule has 1 heterocycles. The minimum Gasteiger partial charge on any atom is -0.504 e. The Hall–Kier alpha value is -2.38. The molecular weight excluding hydrogens is 424 g/mol. The first-order valence-electron chi connectivity index (χ1n) is 11.6. The SMILES string of the molecule is CC(C)(C)OC(=O)c1cc(O)c(O)c(C[C@@]2(C)C(=O)C=C[C@]3(C)[C@@H]2CCCC32OCCO2)c1. The van der Waals surface area contributed by atoms with E-state index in [0.29, 0.717) is 18.8 Å². The van der Waals surface area contributed by atoms with Gasteiger partial charge in [0, 0.05) is 17.3 Å². The summed E-state index contributed by atoms with van der Waals surface area (Å²) in [7, 11) is 0. The molecule has 0 amide bonds. The molecule has 0 unspecified atom stereocenters. The number of esters is 1. The fourth-order valence-electron chi connectivity index (χ4n) is 5.99. The maximum atomic E-state index is 13.3.